The summed E-state index contributed by atoms with van der Waals surface area (Å²) in [5, 5.41) is 6.23. The molecule has 0 bridgehead atoms. The average Bonchev–Trinajstić information content (AvgIpc) is 3.02. The van der Waals surface area contributed by atoms with Crippen molar-refractivity contribution in [3.63, 3.8) is 0 Å². The van der Waals surface area contributed by atoms with E-state index >= 15 is 0 Å². The van der Waals surface area contributed by atoms with Gasteiger partial charge in [0.1, 0.15) is 5.92 Å². The molecule has 2 aromatic rings. The predicted octanol–water partition coefficient (Wildman–Crippen LogP) is 3.83. The van der Waals surface area contributed by atoms with Crippen LogP contribution in [0.5, 0.6) is 0 Å². The Hall–Kier alpha value is -2.37. The number of anilines is 2. The molecule has 6 heteroatoms. The van der Waals surface area contributed by atoms with E-state index in [1.54, 1.807) is 4.90 Å². The molecule has 150 valence electrons. The first-order chi connectivity index (χ1) is 13.0. The van der Waals surface area contributed by atoms with Crippen LogP contribution in [0.3, 0.4) is 0 Å². The Balaban J connectivity index is 0.00000280. The van der Waals surface area contributed by atoms with E-state index in [4.69, 9.17) is 0 Å². The fraction of sp³-hybridized carbons (Fsp3) is 0.364. The molecule has 0 spiro atoms. The van der Waals surface area contributed by atoms with Crippen LogP contribution in [-0.2, 0) is 16.1 Å². The van der Waals surface area contributed by atoms with Gasteiger partial charge in [0.2, 0.25) is 11.8 Å². The summed E-state index contributed by atoms with van der Waals surface area (Å²) in [7, 11) is 0. The van der Waals surface area contributed by atoms with Gasteiger partial charge in [-0.25, -0.2) is 0 Å². The zero-order valence-electron chi connectivity index (χ0n) is 16.6. The van der Waals surface area contributed by atoms with Crippen LogP contribution in [0.25, 0.3) is 0 Å². The van der Waals surface area contributed by atoms with Crippen molar-refractivity contribution in [3.8, 4) is 0 Å². The van der Waals surface area contributed by atoms with Gasteiger partial charge < -0.3 is 15.5 Å². The molecule has 1 saturated heterocycles. The van der Waals surface area contributed by atoms with E-state index in [1.807, 2.05) is 57.2 Å². The molecule has 1 aliphatic heterocycles. The minimum absolute atomic E-state index is 0. The highest BCUT2D eigenvalue weighted by molar-refractivity contribution is 6.13. The van der Waals surface area contributed by atoms with Crippen molar-refractivity contribution in [2.24, 2.45) is 5.92 Å². The number of carbonyl (C=O) groups excluding carboxylic acids is 2. The Morgan fingerprint density at radius 1 is 1.14 bits per heavy atom. The molecule has 1 unspecified atom stereocenters. The second-order valence-corrected chi connectivity index (χ2v) is 7.10. The summed E-state index contributed by atoms with van der Waals surface area (Å²) in [4.78, 5) is 27.4. The molecule has 28 heavy (non-hydrogen) atoms. The second kappa shape index (κ2) is 9.71. The molecule has 1 aliphatic rings. The predicted molar refractivity (Wildman–Crippen MR) is 116 cm³/mol. The molecule has 0 radical (unpaired) electrons. The Bertz CT molecular complexity index is 833. The van der Waals surface area contributed by atoms with Gasteiger partial charge in [0.05, 0.1) is 0 Å². The van der Waals surface area contributed by atoms with Crippen molar-refractivity contribution < 1.29 is 9.59 Å². The molecule has 2 aromatic carbocycles. The molecule has 0 saturated carbocycles. The highest BCUT2D eigenvalue weighted by Crippen LogP contribution is 2.28. The quantitative estimate of drug-likeness (QED) is 0.723. The van der Waals surface area contributed by atoms with E-state index in [0.29, 0.717) is 19.5 Å². The molecule has 1 fully saturated rings. The van der Waals surface area contributed by atoms with Crippen LogP contribution in [0, 0.1) is 19.8 Å². The largest absolute Gasteiger partial charge is 0.325 e. The van der Waals surface area contributed by atoms with Crippen LogP contribution in [0.15, 0.2) is 42.5 Å². The maximum atomic E-state index is 12.9. The van der Waals surface area contributed by atoms with Gasteiger partial charge in [-0.3, -0.25) is 9.59 Å². The number of aryl methyl sites for hydroxylation is 2. The summed E-state index contributed by atoms with van der Waals surface area (Å²) in [5.74, 6) is -0.990. The monoisotopic (exact) mass is 401 g/mol. The van der Waals surface area contributed by atoms with E-state index < -0.39 is 5.92 Å². The first-order valence-corrected chi connectivity index (χ1v) is 9.48. The average molecular weight is 402 g/mol. The first-order valence-electron chi connectivity index (χ1n) is 9.48. The summed E-state index contributed by atoms with van der Waals surface area (Å²) in [5.41, 5.74) is 4.89. The third-order valence-electron chi connectivity index (χ3n) is 4.88. The van der Waals surface area contributed by atoms with Gasteiger partial charge in [-0.05, 0) is 61.7 Å². The molecular weight excluding hydrogens is 374 g/mol. The summed E-state index contributed by atoms with van der Waals surface area (Å²) in [6.07, 6.45) is 0.535. The van der Waals surface area contributed by atoms with Crippen LogP contribution in [-0.4, -0.2) is 24.9 Å². The van der Waals surface area contributed by atoms with Gasteiger partial charge in [-0.15, -0.1) is 12.4 Å². The lowest BCUT2D eigenvalue weighted by Crippen LogP contribution is -2.33. The highest BCUT2D eigenvalue weighted by Gasteiger charge is 2.37. The van der Waals surface area contributed by atoms with Gasteiger partial charge in [-0.2, -0.15) is 0 Å². The maximum Gasteiger partial charge on any atom is 0.239 e. The minimum Gasteiger partial charge on any atom is -0.325 e. The molecule has 2 amide bonds. The number of nitrogens with one attached hydrogen (secondary N) is 2. The lowest BCUT2D eigenvalue weighted by molar-refractivity contribution is -0.129. The van der Waals surface area contributed by atoms with Gasteiger partial charge in [0, 0.05) is 24.5 Å². The third-order valence-corrected chi connectivity index (χ3v) is 4.88. The van der Waals surface area contributed by atoms with Crippen molar-refractivity contribution in [2.75, 3.05) is 23.3 Å². The SMILES string of the molecule is CCNCc1ccccc1NC(=O)C1CCN(c2cc(C)cc(C)c2)C1=O.Cl. The molecule has 1 heterocycles. The fourth-order valence-electron chi connectivity index (χ4n) is 3.56. The van der Waals surface area contributed by atoms with Crippen LogP contribution >= 0.6 is 12.4 Å². The van der Waals surface area contributed by atoms with Crippen molar-refractivity contribution in [3.05, 3.63) is 59.2 Å². The molecule has 3 rings (SSSR count). The number of para-hydroxylation sites is 1. The smallest absolute Gasteiger partial charge is 0.239 e. The molecule has 5 nitrogen and oxygen atoms in total. The highest BCUT2D eigenvalue weighted by atomic mass is 35.5. The molecule has 2 N–H and O–H groups in total. The van der Waals surface area contributed by atoms with Gasteiger partial charge in [0.15, 0.2) is 0 Å². The molecule has 1 atom stereocenters. The van der Waals surface area contributed by atoms with Crippen molar-refractivity contribution in [1.82, 2.24) is 5.32 Å². The lowest BCUT2D eigenvalue weighted by Gasteiger charge is -2.18. The van der Waals surface area contributed by atoms with E-state index in [1.165, 1.54) is 0 Å². The van der Waals surface area contributed by atoms with Crippen molar-refractivity contribution >= 4 is 35.6 Å². The van der Waals surface area contributed by atoms with Gasteiger partial charge in [0.25, 0.3) is 0 Å². The van der Waals surface area contributed by atoms with Gasteiger partial charge in [-0.1, -0.05) is 31.2 Å². The fourth-order valence-corrected chi connectivity index (χ4v) is 3.56. The topological polar surface area (TPSA) is 61.4 Å². The molecular formula is C22H28ClN3O2. The Labute approximate surface area is 172 Å². The summed E-state index contributed by atoms with van der Waals surface area (Å²) in [6, 6.07) is 13.8. The van der Waals surface area contributed by atoms with Crippen molar-refractivity contribution in [1.29, 1.82) is 0 Å². The summed E-state index contributed by atoms with van der Waals surface area (Å²) in [6.45, 7) is 8.18. The van der Waals surface area contributed by atoms with Crippen LogP contribution in [0.4, 0.5) is 11.4 Å². The van der Waals surface area contributed by atoms with Crippen LogP contribution in [0.2, 0.25) is 0 Å². The number of amides is 2. The number of hydrogen-bond acceptors (Lipinski definition) is 3. The lowest BCUT2D eigenvalue weighted by atomic mass is 10.1. The molecule has 0 aliphatic carbocycles. The third kappa shape index (κ3) is 4.91. The number of benzene rings is 2. The van der Waals surface area contributed by atoms with E-state index in [0.717, 1.165) is 34.6 Å². The summed E-state index contributed by atoms with van der Waals surface area (Å²) < 4.78 is 0. The van der Waals surface area contributed by atoms with E-state index in [2.05, 4.69) is 16.7 Å². The first kappa shape index (κ1) is 21.9. The standard InChI is InChI=1S/C22H27N3O2.ClH/c1-4-23-14-17-7-5-6-8-20(17)24-21(26)19-9-10-25(22(19)27)18-12-15(2)11-16(3)13-18;/h5-8,11-13,19,23H,4,9-10,14H2,1-3H3,(H,24,26);1H. The van der Waals surface area contributed by atoms with Crippen LogP contribution < -0.4 is 15.5 Å². The minimum atomic E-state index is -0.641. The zero-order chi connectivity index (χ0) is 19.4. The van der Waals surface area contributed by atoms with E-state index in [9.17, 15) is 9.59 Å². The summed E-state index contributed by atoms with van der Waals surface area (Å²) >= 11 is 0. The Morgan fingerprint density at radius 2 is 1.82 bits per heavy atom. The van der Waals surface area contributed by atoms with E-state index in [-0.39, 0.29) is 24.2 Å². The number of carbonyl (C=O) groups is 2. The number of rotatable bonds is 6. The Morgan fingerprint density at radius 3 is 2.50 bits per heavy atom. The number of nitrogens with zero attached hydrogens (tertiary/aromatic N) is 1. The maximum absolute atomic E-state index is 12.9. The van der Waals surface area contributed by atoms with Gasteiger partial charge >= 0.3 is 0 Å². The zero-order valence-corrected chi connectivity index (χ0v) is 17.4. The number of hydrogen-bond donors (Lipinski definition) is 2. The normalized spacial score (nSPS) is 16.0. The second-order valence-electron chi connectivity index (χ2n) is 7.10. The van der Waals surface area contributed by atoms with Crippen molar-refractivity contribution in [2.45, 2.75) is 33.7 Å². The molecule has 0 aromatic heterocycles. The number of halogens is 1. The van der Waals surface area contributed by atoms with Crippen LogP contribution in [0.1, 0.15) is 30.0 Å². The Kier molecular flexibility index (Phi) is 7.61.